The zero-order valence-corrected chi connectivity index (χ0v) is 7.73. The standard InChI is InChI=1S/C10H12N2O2/c11-10(9(13)14)4-1-2-7-6-12-5-3-8(7)10/h3,5-6H,1-2,4,11H2,(H,13,14). The number of hydrogen-bond donors (Lipinski definition) is 2. The second-order valence-corrected chi connectivity index (χ2v) is 3.66. The topological polar surface area (TPSA) is 76.2 Å². The van der Waals surface area contributed by atoms with Gasteiger partial charge < -0.3 is 10.8 Å². The number of rotatable bonds is 1. The number of pyridine rings is 1. The van der Waals surface area contributed by atoms with E-state index >= 15 is 0 Å². The molecule has 0 bridgehead atoms. The normalized spacial score (nSPS) is 25.5. The maximum atomic E-state index is 11.1. The summed E-state index contributed by atoms with van der Waals surface area (Å²) in [4.78, 5) is 15.1. The van der Waals surface area contributed by atoms with Crippen LogP contribution < -0.4 is 5.73 Å². The molecular formula is C10H12N2O2. The average Bonchev–Trinajstić information content (AvgIpc) is 2.18. The zero-order chi connectivity index (χ0) is 10.2. The van der Waals surface area contributed by atoms with Crippen molar-refractivity contribution in [2.24, 2.45) is 5.73 Å². The van der Waals surface area contributed by atoms with Gasteiger partial charge >= 0.3 is 5.97 Å². The molecule has 1 aromatic rings. The monoisotopic (exact) mass is 192 g/mol. The van der Waals surface area contributed by atoms with Gasteiger partial charge in [0.2, 0.25) is 0 Å². The summed E-state index contributed by atoms with van der Waals surface area (Å²) in [6, 6.07) is 1.71. The second-order valence-electron chi connectivity index (χ2n) is 3.66. The Hall–Kier alpha value is -1.42. The SMILES string of the molecule is NC1(C(=O)O)CCCc2cnccc21. The molecule has 1 aromatic heterocycles. The molecule has 1 unspecified atom stereocenters. The molecule has 1 aliphatic carbocycles. The minimum atomic E-state index is -1.21. The van der Waals surface area contributed by atoms with Crippen molar-refractivity contribution in [1.82, 2.24) is 4.98 Å². The van der Waals surface area contributed by atoms with E-state index in [1.165, 1.54) is 0 Å². The molecule has 0 aliphatic heterocycles. The average molecular weight is 192 g/mol. The van der Waals surface area contributed by atoms with Crippen molar-refractivity contribution < 1.29 is 9.90 Å². The Kier molecular flexibility index (Phi) is 2.00. The summed E-state index contributed by atoms with van der Waals surface area (Å²) in [7, 11) is 0. The van der Waals surface area contributed by atoms with E-state index < -0.39 is 11.5 Å². The number of aryl methyl sites for hydroxylation is 1. The highest BCUT2D eigenvalue weighted by Crippen LogP contribution is 2.32. The third-order valence-corrected chi connectivity index (χ3v) is 2.78. The van der Waals surface area contributed by atoms with Gasteiger partial charge in [-0.15, -0.1) is 0 Å². The Morgan fingerprint density at radius 1 is 1.64 bits per heavy atom. The summed E-state index contributed by atoms with van der Waals surface area (Å²) in [6.07, 6.45) is 5.48. The van der Waals surface area contributed by atoms with E-state index in [0.29, 0.717) is 12.0 Å². The molecule has 0 saturated heterocycles. The van der Waals surface area contributed by atoms with Crippen molar-refractivity contribution in [1.29, 1.82) is 0 Å². The number of carboxylic acids is 1. The summed E-state index contributed by atoms with van der Waals surface area (Å²) in [5.41, 5.74) is 6.35. The first-order chi connectivity index (χ1) is 6.64. The molecule has 0 spiro atoms. The Balaban J connectivity index is 2.55. The number of aliphatic carboxylic acids is 1. The molecule has 74 valence electrons. The molecule has 1 aliphatic rings. The van der Waals surface area contributed by atoms with Crippen molar-refractivity contribution in [2.45, 2.75) is 24.8 Å². The molecule has 0 aromatic carbocycles. The van der Waals surface area contributed by atoms with Crippen LogP contribution in [-0.4, -0.2) is 16.1 Å². The van der Waals surface area contributed by atoms with Crippen LogP contribution in [0.15, 0.2) is 18.5 Å². The molecule has 2 rings (SSSR count). The van der Waals surface area contributed by atoms with Gasteiger partial charge in [-0.3, -0.25) is 4.98 Å². The highest BCUT2D eigenvalue weighted by atomic mass is 16.4. The first-order valence-electron chi connectivity index (χ1n) is 4.60. The summed E-state index contributed by atoms with van der Waals surface area (Å²) in [5.74, 6) is -0.954. The van der Waals surface area contributed by atoms with Gasteiger partial charge in [0.15, 0.2) is 0 Å². The van der Waals surface area contributed by atoms with E-state index in [-0.39, 0.29) is 0 Å². The fourth-order valence-electron chi connectivity index (χ4n) is 1.98. The van der Waals surface area contributed by atoms with Gasteiger partial charge in [0.05, 0.1) is 0 Å². The van der Waals surface area contributed by atoms with Crippen LogP contribution in [0.5, 0.6) is 0 Å². The van der Waals surface area contributed by atoms with Crippen molar-refractivity contribution in [3.8, 4) is 0 Å². The van der Waals surface area contributed by atoms with E-state index in [9.17, 15) is 4.79 Å². The van der Waals surface area contributed by atoms with Crippen LogP contribution in [0.3, 0.4) is 0 Å². The summed E-state index contributed by atoms with van der Waals surface area (Å²) >= 11 is 0. The zero-order valence-electron chi connectivity index (χ0n) is 7.73. The Morgan fingerprint density at radius 2 is 2.43 bits per heavy atom. The van der Waals surface area contributed by atoms with E-state index in [2.05, 4.69) is 4.98 Å². The van der Waals surface area contributed by atoms with E-state index in [1.807, 2.05) is 0 Å². The number of nitrogens with two attached hydrogens (primary N) is 1. The number of aromatic nitrogens is 1. The largest absolute Gasteiger partial charge is 0.480 e. The lowest BCUT2D eigenvalue weighted by Gasteiger charge is -2.31. The molecule has 0 saturated carbocycles. The van der Waals surface area contributed by atoms with Crippen molar-refractivity contribution >= 4 is 5.97 Å². The quantitative estimate of drug-likeness (QED) is 0.685. The molecule has 3 N–H and O–H groups in total. The van der Waals surface area contributed by atoms with Gasteiger partial charge in [-0.2, -0.15) is 0 Å². The smallest absolute Gasteiger partial charge is 0.328 e. The van der Waals surface area contributed by atoms with Gasteiger partial charge in [-0.1, -0.05) is 0 Å². The maximum absolute atomic E-state index is 11.1. The van der Waals surface area contributed by atoms with Crippen molar-refractivity contribution in [3.63, 3.8) is 0 Å². The lowest BCUT2D eigenvalue weighted by atomic mass is 9.78. The van der Waals surface area contributed by atoms with E-state index in [0.717, 1.165) is 18.4 Å². The first kappa shape index (κ1) is 9.15. The van der Waals surface area contributed by atoms with Crippen LogP contribution >= 0.6 is 0 Å². The lowest BCUT2D eigenvalue weighted by molar-refractivity contribution is -0.144. The van der Waals surface area contributed by atoms with Crippen LogP contribution in [0.4, 0.5) is 0 Å². The van der Waals surface area contributed by atoms with Gasteiger partial charge in [0.25, 0.3) is 0 Å². The Bertz CT molecular complexity index is 378. The number of carboxylic acid groups (broad SMARTS) is 1. The van der Waals surface area contributed by atoms with Gasteiger partial charge in [0.1, 0.15) is 5.54 Å². The Morgan fingerprint density at radius 3 is 3.14 bits per heavy atom. The summed E-state index contributed by atoms with van der Waals surface area (Å²) in [6.45, 7) is 0. The van der Waals surface area contributed by atoms with Crippen LogP contribution in [0.1, 0.15) is 24.0 Å². The second kappa shape index (κ2) is 3.06. The van der Waals surface area contributed by atoms with Gasteiger partial charge in [0, 0.05) is 12.4 Å². The minimum absolute atomic E-state index is 0.499. The number of hydrogen-bond acceptors (Lipinski definition) is 3. The highest BCUT2D eigenvalue weighted by Gasteiger charge is 2.39. The van der Waals surface area contributed by atoms with E-state index in [4.69, 9.17) is 10.8 Å². The van der Waals surface area contributed by atoms with Gasteiger partial charge in [-0.05, 0) is 36.5 Å². The summed E-state index contributed by atoms with van der Waals surface area (Å²) < 4.78 is 0. The van der Waals surface area contributed by atoms with Crippen molar-refractivity contribution in [2.75, 3.05) is 0 Å². The number of carbonyl (C=O) groups is 1. The predicted octanol–water partition coefficient (Wildman–Crippen LogP) is 0.656. The number of fused-ring (bicyclic) bond motifs is 1. The van der Waals surface area contributed by atoms with Crippen LogP contribution in [-0.2, 0) is 16.8 Å². The molecule has 1 atom stereocenters. The molecule has 4 heteroatoms. The maximum Gasteiger partial charge on any atom is 0.328 e. The fraction of sp³-hybridized carbons (Fsp3) is 0.400. The molecule has 0 fully saturated rings. The van der Waals surface area contributed by atoms with Crippen LogP contribution in [0.25, 0.3) is 0 Å². The van der Waals surface area contributed by atoms with Gasteiger partial charge in [-0.25, -0.2) is 4.79 Å². The molecule has 0 radical (unpaired) electrons. The third-order valence-electron chi connectivity index (χ3n) is 2.78. The minimum Gasteiger partial charge on any atom is -0.480 e. The Labute approximate surface area is 81.8 Å². The van der Waals surface area contributed by atoms with E-state index in [1.54, 1.807) is 18.5 Å². The van der Waals surface area contributed by atoms with Crippen molar-refractivity contribution in [3.05, 3.63) is 29.6 Å². The molecule has 14 heavy (non-hydrogen) atoms. The molecule has 0 amide bonds. The first-order valence-corrected chi connectivity index (χ1v) is 4.60. The lowest BCUT2D eigenvalue weighted by Crippen LogP contribution is -2.47. The predicted molar refractivity (Wildman–Crippen MR) is 50.7 cm³/mol. The number of nitrogens with zero attached hydrogens (tertiary/aromatic N) is 1. The van der Waals surface area contributed by atoms with Crippen LogP contribution in [0.2, 0.25) is 0 Å². The molecular weight excluding hydrogens is 180 g/mol. The molecule has 4 nitrogen and oxygen atoms in total. The highest BCUT2D eigenvalue weighted by molar-refractivity contribution is 5.81. The molecule has 1 heterocycles. The van der Waals surface area contributed by atoms with Crippen LogP contribution in [0, 0.1) is 0 Å². The third kappa shape index (κ3) is 1.19. The fourth-order valence-corrected chi connectivity index (χ4v) is 1.98. The summed E-state index contributed by atoms with van der Waals surface area (Å²) in [5, 5.41) is 9.10.